The van der Waals surface area contributed by atoms with Crippen LogP contribution in [0.5, 0.6) is 0 Å². The van der Waals surface area contributed by atoms with Crippen LogP contribution >= 0.6 is 0 Å². The number of rotatable bonds is 3. The van der Waals surface area contributed by atoms with Crippen LogP contribution in [0.1, 0.15) is 52.7 Å². The summed E-state index contributed by atoms with van der Waals surface area (Å²) in [6, 6.07) is 23.0. The first kappa shape index (κ1) is 18.6. The molecule has 0 saturated heterocycles. The number of carbonyl (C=O) groups is 1. The Balaban J connectivity index is 1.34. The van der Waals surface area contributed by atoms with Gasteiger partial charge in [-0.25, -0.2) is 4.39 Å². The largest absolute Gasteiger partial charge is 0.378 e. The van der Waals surface area contributed by atoms with Crippen molar-refractivity contribution in [1.29, 1.82) is 0 Å². The van der Waals surface area contributed by atoms with Gasteiger partial charge < -0.3 is 10.6 Å². The van der Waals surface area contributed by atoms with Crippen LogP contribution in [-0.4, -0.2) is 5.91 Å². The van der Waals surface area contributed by atoms with E-state index >= 15 is 0 Å². The Labute approximate surface area is 181 Å². The maximum atomic E-state index is 13.2. The van der Waals surface area contributed by atoms with Crippen molar-refractivity contribution in [3.8, 4) is 0 Å². The number of hydrogen-bond donors (Lipinski definition) is 2. The highest BCUT2D eigenvalue weighted by molar-refractivity contribution is 6.04. The Morgan fingerprint density at radius 2 is 1.71 bits per heavy atom. The Bertz CT molecular complexity index is 1130. The van der Waals surface area contributed by atoms with Gasteiger partial charge in [-0.2, -0.15) is 0 Å². The molecule has 2 aliphatic carbocycles. The van der Waals surface area contributed by atoms with E-state index in [-0.39, 0.29) is 11.7 Å². The number of hydrogen-bond acceptors (Lipinski definition) is 2. The normalized spacial score (nSPS) is 27.8. The molecule has 0 spiro atoms. The lowest BCUT2D eigenvalue weighted by molar-refractivity contribution is 0.102. The molecule has 0 unspecified atom stereocenters. The number of amides is 1. The second kappa shape index (κ2) is 7.23. The van der Waals surface area contributed by atoms with Crippen LogP contribution in [0.25, 0.3) is 0 Å². The number of nitrogens with one attached hydrogen (secondary N) is 2. The molecular weight excluding hydrogens is 387 g/mol. The summed E-state index contributed by atoms with van der Waals surface area (Å²) in [5, 5.41) is 6.71. The average molecular weight is 413 g/mol. The first-order chi connectivity index (χ1) is 15.2. The molecule has 5 atom stereocenters. The van der Waals surface area contributed by atoms with Crippen LogP contribution in [-0.2, 0) is 0 Å². The predicted octanol–water partition coefficient (Wildman–Crippen LogP) is 6.37. The van der Waals surface area contributed by atoms with Crippen LogP contribution in [0.3, 0.4) is 0 Å². The van der Waals surface area contributed by atoms with Gasteiger partial charge in [0.15, 0.2) is 0 Å². The molecule has 2 N–H and O–H groups in total. The summed E-state index contributed by atoms with van der Waals surface area (Å²) in [5.41, 5.74) is 5.06. The van der Waals surface area contributed by atoms with E-state index in [0.717, 1.165) is 11.6 Å². The van der Waals surface area contributed by atoms with E-state index in [1.165, 1.54) is 42.5 Å². The SMILES string of the molecule is O=C(Nc1ccc(F)cc1)c1ccc2c(c1)[C@H]1[C@H]3CC[C@@H](C3)[C@@H]1[C@@H](c1ccccc1)N2. The van der Waals surface area contributed by atoms with Crippen molar-refractivity contribution < 1.29 is 9.18 Å². The lowest BCUT2D eigenvalue weighted by Gasteiger charge is -2.43. The van der Waals surface area contributed by atoms with Gasteiger partial charge in [0.2, 0.25) is 0 Å². The molecule has 3 nitrogen and oxygen atoms in total. The van der Waals surface area contributed by atoms with Gasteiger partial charge in [-0.3, -0.25) is 4.79 Å². The second-order valence-corrected chi connectivity index (χ2v) is 9.23. The fourth-order valence-corrected chi connectivity index (χ4v) is 6.35. The van der Waals surface area contributed by atoms with E-state index in [1.807, 2.05) is 6.07 Å². The third kappa shape index (κ3) is 3.13. The highest BCUT2D eigenvalue weighted by Gasteiger charge is 2.53. The molecule has 3 aromatic rings. The minimum absolute atomic E-state index is 0.153. The summed E-state index contributed by atoms with van der Waals surface area (Å²) in [6.45, 7) is 0. The predicted molar refractivity (Wildman–Crippen MR) is 121 cm³/mol. The maximum absolute atomic E-state index is 13.2. The molecule has 3 aromatic carbocycles. The highest BCUT2D eigenvalue weighted by Crippen LogP contribution is 2.63. The Morgan fingerprint density at radius 1 is 0.935 bits per heavy atom. The molecule has 1 heterocycles. The maximum Gasteiger partial charge on any atom is 0.255 e. The molecular formula is C27H25FN2O. The van der Waals surface area contributed by atoms with Crippen molar-refractivity contribution in [2.45, 2.75) is 31.2 Å². The standard InChI is InChI=1S/C27H25FN2O/c28-20-9-11-21(12-10-20)29-27(31)19-8-13-23-22(15-19)24-17-6-7-18(14-17)25(24)26(30-23)16-4-2-1-3-5-16/h1-5,8-13,15,17-18,24-26,30H,6-7,14H2,(H,29,31)/t17-,18-,24+,25-,26+/m0/s1. The van der Waals surface area contributed by atoms with E-state index < -0.39 is 0 Å². The zero-order chi connectivity index (χ0) is 20.9. The third-order valence-corrected chi connectivity index (χ3v) is 7.61. The summed E-state index contributed by atoms with van der Waals surface area (Å²) in [5.74, 6) is 2.06. The topological polar surface area (TPSA) is 41.1 Å². The molecule has 3 aliphatic rings. The molecule has 4 heteroatoms. The first-order valence-electron chi connectivity index (χ1n) is 11.2. The zero-order valence-corrected chi connectivity index (χ0v) is 17.2. The molecule has 0 radical (unpaired) electrons. The zero-order valence-electron chi connectivity index (χ0n) is 17.2. The number of benzene rings is 3. The van der Waals surface area contributed by atoms with E-state index in [1.54, 1.807) is 12.1 Å². The third-order valence-electron chi connectivity index (χ3n) is 7.61. The van der Waals surface area contributed by atoms with Gasteiger partial charge >= 0.3 is 0 Å². The van der Waals surface area contributed by atoms with Gasteiger partial charge in [0.25, 0.3) is 5.91 Å². The van der Waals surface area contributed by atoms with Crippen molar-refractivity contribution in [3.05, 3.63) is 95.3 Å². The van der Waals surface area contributed by atoms with Crippen molar-refractivity contribution >= 4 is 17.3 Å². The molecule has 31 heavy (non-hydrogen) atoms. The fourth-order valence-electron chi connectivity index (χ4n) is 6.35. The van der Waals surface area contributed by atoms with Gasteiger partial charge in [0.1, 0.15) is 5.82 Å². The summed E-state index contributed by atoms with van der Waals surface area (Å²) in [6.07, 6.45) is 3.90. The van der Waals surface area contributed by atoms with Crippen LogP contribution in [0.15, 0.2) is 72.8 Å². The Morgan fingerprint density at radius 3 is 2.52 bits per heavy atom. The minimum Gasteiger partial charge on any atom is -0.378 e. The fraction of sp³-hybridized carbons (Fsp3) is 0.296. The van der Waals surface area contributed by atoms with Crippen molar-refractivity contribution in [3.63, 3.8) is 0 Å². The molecule has 0 aromatic heterocycles. The van der Waals surface area contributed by atoms with Crippen molar-refractivity contribution in [2.75, 3.05) is 10.6 Å². The molecule has 2 fully saturated rings. The van der Waals surface area contributed by atoms with Gasteiger partial charge in [-0.05, 0) is 96.5 Å². The Hall–Kier alpha value is -3.14. The number of carbonyl (C=O) groups excluding carboxylic acids is 1. The molecule has 156 valence electrons. The van der Waals surface area contributed by atoms with E-state index in [2.05, 4.69) is 53.1 Å². The smallest absolute Gasteiger partial charge is 0.255 e. The van der Waals surface area contributed by atoms with Gasteiger partial charge in [0.05, 0.1) is 6.04 Å². The number of anilines is 2. The number of halogens is 1. The van der Waals surface area contributed by atoms with E-state index in [9.17, 15) is 9.18 Å². The first-order valence-corrected chi connectivity index (χ1v) is 11.2. The van der Waals surface area contributed by atoms with E-state index in [0.29, 0.717) is 35.0 Å². The second-order valence-electron chi connectivity index (χ2n) is 9.23. The summed E-state index contributed by atoms with van der Waals surface area (Å²) < 4.78 is 13.2. The van der Waals surface area contributed by atoms with Gasteiger partial charge in [0, 0.05) is 16.9 Å². The van der Waals surface area contributed by atoms with E-state index in [4.69, 9.17) is 0 Å². The van der Waals surface area contributed by atoms with Crippen molar-refractivity contribution in [1.82, 2.24) is 0 Å². The molecule has 6 rings (SSSR count). The van der Waals surface area contributed by atoms with Crippen LogP contribution in [0.2, 0.25) is 0 Å². The molecule has 1 aliphatic heterocycles. The Kier molecular flexibility index (Phi) is 4.34. The van der Waals surface area contributed by atoms with Crippen LogP contribution in [0, 0.1) is 23.6 Å². The van der Waals surface area contributed by atoms with Gasteiger partial charge in [-0.1, -0.05) is 30.3 Å². The minimum atomic E-state index is -0.312. The quantitative estimate of drug-likeness (QED) is 0.524. The lowest BCUT2D eigenvalue weighted by Crippen LogP contribution is -2.35. The molecule has 2 bridgehead atoms. The molecule has 1 amide bonds. The van der Waals surface area contributed by atoms with Crippen LogP contribution in [0.4, 0.5) is 15.8 Å². The summed E-state index contributed by atoms with van der Waals surface area (Å²) in [7, 11) is 0. The number of fused-ring (bicyclic) bond motifs is 7. The summed E-state index contributed by atoms with van der Waals surface area (Å²) in [4.78, 5) is 12.9. The van der Waals surface area contributed by atoms with Crippen LogP contribution < -0.4 is 10.6 Å². The lowest BCUT2D eigenvalue weighted by atomic mass is 9.68. The monoisotopic (exact) mass is 412 g/mol. The average Bonchev–Trinajstić information content (AvgIpc) is 3.43. The van der Waals surface area contributed by atoms with Gasteiger partial charge in [-0.15, -0.1) is 0 Å². The molecule has 2 saturated carbocycles. The highest BCUT2D eigenvalue weighted by atomic mass is 19.1. The van der Waals surface area contributed by atoms with Crippen molar-refractivity contribution in [2.24, 2.45) is 17.8 Å². The summed E-state index contributed by atoms with van der Waals surface area (Å²) >= 11 is 0.